The van der Waals surface area contributed by atoms with Crippen LogP contribution in [0.15, 0.2) is 23.3 Å². The summed E-state index contributed by atoms with van der Waals surface area (Å²) in [7, 11) is 0. The molecule has 0 fully saturated rings. The van der Waals surface area contributed by atoms with Crippen molar-refractivity contribution in [3.05, 3.63) is 23.3 Å². The number of rotatable bonds is 1. The third-order valence-corrected chi connectivity index (χ3v) is 2.05. The quantitative estimate of drug-likeness (QED) is 0.561. The van der Waals surface area contributed by atoms with Gasteiger partial charge in [-0.3, -0.25) is 4.79 Å². The smallest absolute Gasteiger partial charge is 0.162 e. The predicted molar refractivity (Wildman–Crippen MR) is 46.4 cm³/mol. The van der Waals surface area contributed by atoms with Crippen LogP contribution < -0.4 is 0 Å². The fraction of sp³-hybridized carbons (Fsp3) is 0.500. The molecule has 60 valence electrons. The van der Waals surface area contributed by atoms with Crippen LogP contribution in [0, 0.1) is 0 Å². The highest BCUT2D eigenvalue weighted by molar-refractivity contribution is 5.99. The van der Waals surface area contributed by atoms with Crippen molar-refractivity contribution in [2.45, 2.75) is 33.1 Å². The van der Waals surface area contributed by atoms with E-state index in [-0.39, 0.29) is 0 Å². The van der Waals surface area contributed by atoms with Gasteiger partial charge in [0.1, 0.15) is 0 Å². The van der Waals surface area contributed by atoms with Crippen LogP contribution in [0.3, 0.4) is 0 Å². The Morgan fingerprint density at radius 3 is 2.64 bits per heavy atom. The van der Waals surface area contributed by atoms with E-state index >= 15 is 0 Å². The summed E-state index contributed by atoms with van der Waals surface area (Å²) in [6.07, 6.45) is 6.72. The molecule has 0 aromatic rings. The largest absolute Gasteiger partial charge is 0.294 e. The van der Waals surface area contributed by atoms with E-state index in [4.69, 9.17) is 0 Å². The van der Waals surface area contributed by atoms with Crippen LogP contribution >= 0.6 is 0 Å². The van der Waals surface area contributed by atoms with Crippen molar-refractivity contribution in [1.82, 2.24) is 0 Å². The van der Waals surface area contributed by atoms with Gasteiger partial charge in [-0.2, -0.15) is 0 Å². The lowest BCUT2D eigenvalue weighted by molar-refractivity contribution is -0.115. The van der Waals surface area contributed by atoms with Crippen LogP contribution in [-0.4, -0.2) is 5.78 Å². The Kier molecular flexibility index (Phi) is 2.64. The minimum Gasteiger partial charge on any atom is -0.294 e. The molecule has 0 saturated heterocycles. The monoisotopic (exact) mass is 150 g/mol. The molecule has 0 aliphatic heterocycles. The Hall–Kier alpha value is -0.850. The molecule has 0 bridgehead atoms. The Labute approximate surface area is 67.8 Å². The summed E-state index contributed by atoms with van der Waals surface area (Å²) >= 11 is 0. The van der Waals surface area contributed by atoms with Crippen molar-refractivity contribution in [2.24, 2.45) is 0 Å². The van der Waals surface area contributed by atoms with Gasteiger partial charge in [-0.25, -0.2) is 0 Å². The van der Waals surface area contributed by atoms with E-state index in [1.165, 1.54) is 5.57 Å². The minimum atomic E-state index is 0.312. The summed E-state index contributed by atoms with van der Waals surface area (Å²) < 4.78 is 0. The molecule has 0 unspecified atom stereocenters. The lowest BCUT2D eigenvalue weighted by atomic mass is 9.91. The topological polar surface area (TPSA) is 17.1 Å². The molecular formula is C10H14O. The molecule has 1 aliphatic carbocycles. The van der Waals surface area contributed by atoms with E-state index in [1.807, 2.05) is 26.0 Å². The number of hydrogen-bond donors (Lipinski definition) is 0. The van der Waals surface area contributed by atoms with Gasteiger partial charge in [0.05, 0.1) is 0 Å². The summed E-state index contributed by atoms with van der Waals surface area (Å²) in [6, 6.07) is 0. The zero-order valence-corrected chi connectivity index (χ0v) is 7.18. The fourth-order valence-corrected chi connectivity index (χ4v) is 1.42. The normalized spacial score (nSPS) is 20.0. The first kappa shape index (κ1) is 8.25. The summed E-state index contributed by atoms with van der Waals surface area (Å²) in [4.78, 5) is 11.3. The number of hydrogen-bond acceptors (Lipinski definition) is 1. The summed E-state index contributed by atoms with van der Waals surface area (Å²) in [6.45, 7) is 3.99. The maximum atomic E-state index is 11.3. The van der Waals surface area contributed by atoms with Gasteiger partial charge < -0.3 is 0 Å². The second-order valence-electron chi connectivity index (χ2n) is 2.97. The number of carbonyl (C=O) groups is 1. The molecule has 0 aromatic heterocycles. The maximum Gasteiger partial charge on any atom is 0.162 e. The van der Waals surface area contributed by atoms with Gasteiger partial charge in [0, 0.05) is 12.0 Å². The Morgan fingerprint density at radius 2 is 2.09 bits per heavy atom. The van der Waals surface area contributed by atoms with E-state index in [1.54, 1.807) is 0 Å². The fourth-order valence-electron chi connectivity index (χ4n) is 1.42. The standard InChI is InChI=1S/C10H14O/c1-3-5-9-8(2)6-4-7-10(9)11/h3,5H,4,6-7H2,1-2H3. The third-order valence-electron chi connectivity index (χ3n) is 2.05. The van der Waals surface area contributed by atoms with E-state index in [0.717, 1.165) is 24.8 Å². The first-order valence-corrected chi connectivity index (χ1v) is 4.11. The molecule has 0 heterocycles. The molecule has 0 N–H and O–H groups in total. The molecule has 11 heavy (non-hydrogen) atoms. The molecule has 1 aliphatic rings. The highest BCUT2D eigenvalue weighted by Crippen LogP contribution is 2.21. The number of carbonyl (C=O) groups excluding carboxylic acids is 1. The van der Waals surface area contributed by atoms with Crippen LogP contribution in [0.2, 0.25) is 0 Å². The lowest BCUT2D eigenvalue weighted by Crippen LogP contribution is -2.08. The van der Waals surface area contributed by atoms with Gasteiger partial charge in [-0.15, -0.1) is 0 Å². The predicted octanol–water partition coefficient (Wildman–Crippen LogP) is 2.63. The average molecular weight is 150 g/mol. The molecule has 1 rings (SSSR count). The van der Waals surface area contributed by atoms with Crippen molar-refractivity contribution in [3.8, 4) is 0 Å². The number of ketones is 1. The molecule has 0 radical (unpaired) electrons. The molecular weight excluding hydrogens is 136 g/mol. The molecule has 0 spiro atoms. The number of allylic oxidation sites excluding steroid dienone is 4. The van der Waals surface area contributed by atoms with E-state index in [2.05, 4.69) is 0 Å². The molecule has 0 saturated carbocycles. The highest BCUT2D eigenvalue weighted by Gasteiger charge is 2.14. The average Bonchev–Trinajstić information content (AvgIpc) is 1.97. The van der Waals surface area contributed by atoms with Crippen LogP contribution in [0.25, 0.3) is 0 Å². The molecule has 1 heteroatoms. The summed E-state index contributed by atoms with van der Waals surface area (Å²) in [5.74, 6) is 0.312. The summed E-state index contributed by atoms with van der Waals surface area (Å²) in [5, 5.41) is 0. The van der Waals surface area contributed by atoms with Crippen molar-refractivity contribution < 1.29 is 4.79 Å². The maximum absolute atomic E-state index is 11.3. The Morgan fingerprint density at radius 1 is 1.36 bits per heavy atom. The van der Waals surface area contributed by atoms with Crippen LogP contribution in [0.5, 0.6) is 0 Å². The van der Waals surface area contributed by atoms with Gasteiger partial charge >= 0.3 is 0 Å². The van der Waals surface area contributed by atoms with Gasteiger partial charge in [-0.05, 0) is 26.7 Å². The van der Waals surface area contributed by atoms with Crippen molar-refractivity contribution in [3.63, 3.8) is 0 Å². The van der Waals surface area contributed by atoms with Gasteiger partial charge in [0.2, 0.25) is 0 Å². The van der Waals surface area contributed by atoms with Crippen LogP contribution in [0.1, 0.15) is 33.1 Å². The zero-order chi connectivity index (χ0) is 8.27. The Bertz CT molecular complexity index is 221. The van der Waals surface area contributed by atoms with Crippen molar-refractivity contribution >= 4 is 5.78 Å². The third kappa shape index (κ3) is 1.79. The Balaban J connectivity index is 2.91. The zero-order valence-electron chi connectivity index (χ0n) is 7.18. The highest BCUT2D eigenvalue weighted by atomic mass is 16.1. The van der Waals surface area contributed by atoms with Crippen LogP contribution in [0.4, 0.5) is 0 Å². The summed E-state index contributed by atoms with van der Waals surface area (Å²) in [5.41, 5.74) is 2.19. The first-order valence-electron chi connectivity index (χ1n) is 4.11. The van der Waals surface area contributed by atoms with E-state index in [0.29, 0.717) is 5.78 Å². The van der Waals surface area contributed by atoms with Crippen molar-refractivity contribution in [2.75, 3.05) is 0 Å². The first-order chi connectivity index (χ1) is 5.25. The van der Waals surface area contributed by atoms with Crippen LogP contribution in [-0.2, 0) is 4.79 Å². The second-order valence-corrected chi connectivity index (χ2v) is 2.97. The molecule has 0 amide bonds. The van der Waals surface area contributed by atoms with Gasteiger partial charge in [0.25, 0.3) is 0 Å². The van der Waals surface area contributed by atoms with Gasteiger partial charge in [-0.1, -0.05) is 17.7 Å². The molecule has 1 nitrogen and oxygen atoms in total. The second kappa shape index (κ2) is 3.51. The molecule has 0 aromatic carbocycles. The number of Topliss-reactive ketones (excluding diaryl/α,β-unsaturated/α-hetero) is 1. The lowest BCUT2D eigenvalue weighted by Gasteiger charge is -2.12. The molecule has 0 atom stereocenters. The SMILES string of the molecule is CC=CC1=C(C)CCCC1=O. The van der Waals surface area contributed by atoms with Crippen molar-refractivity contribution in [1.29, 1.82) is 0 Å². The van der Waals surface area contributed by atoms with E-state index < -0.39 is 0 Å². The van der Waals surface area contributed by atoms with E-state index in [9.17, 15) is 4.79 Å². The minimum absolute atomic E-state index is 0.312. The van der Waals surface area contributed by atoms with Gasteiger partial charge in [0.15, 0.2) is 5.78 Å².